The Kier molecular flexibility index (Phi) is 4.45. The number of hydrogen-bond acceptors (Lipinski definition) is 6. The molecular formula is C19H21N3O5. The van der Waals surface area contributed by atoms with Crippen LogP contribution in [-0.4, -0.2) is 51.0 Å². The highest BCUT2D eigenvalue weighted by Crippen LogP contribution is 2.31. The second-order valence-electron chi connectivity index (χ2n) is 7.09. The van der Waals surface area contributed by atoms with Crippen LogP contribution in [0.25, 0.3) is 0 Å². The molecule has 4 rings (SSSR count). The van der Waals surface area contributed by atoms with Crippen LogP contribution < -0.4 is 4.84 Å². The maximum Gasteiger partial charge on any atom is 0.364 e. The van der Waals surface area contributed by atoms with Gasteiger partial charge in [0.25, 0.3) is 5.91 Å². The second-order valence-corrected chi connectivity index (χ2v) is 7.09. The van der Waals surface area contributed by atoms with Crippen LogP contribution in [0.2, 0.25) is 0 Å². The summed E-state index contributed by atoms with van der Waals surface area (Å²) < 4.78 is 12.6. The maximum absolute atomic E-state index is 13.1. The van der Waals surface area contributed by atoms with Gasteiger partial charge in [-0.1, -0.05) is 24.3 Å². The van der Waals surface area contributed by atoms with E-state index in [0.717, 1.165) is 16.7 Å². The molecule has 142 valence electrons. The normalized spacial score (nSPS) is 23.7. The number of imidazole rings is 1. The lowest BCUT2D eigenvalue weighted by atomic mass is 9.99. The van der Waals surface area contributed by atoms with E-state index in [-0.39, 0.29) is 5.91 Å². The molecule has 1 saturated heterocycles. The van der Waals surface area contributed by atoms with Crippen molar-refractivity contribution in [3.05, 3.63) is 54.1 Å². The van der Waals surface area contributed by atoms with Crippen molar-refractivity contribution in [3.8, 4) is 0 Å². The van der Waals surface area contributed by atoms with Crippen LogP contribution in [0.15, 0.2) is 43.0 Å². The fraction of sp³-hybridized carbons (Fsp3) is 0.421. The van der Waals surface area contributed by atoms with Crippen LogP contribution in [0, 0.1) is 0 Å². The molecule has 8 heteroatoms. The van der Waals surface area contributed by atoms with Crippen molar-refractivity contribution in [2.75, 3.05) is 6.54 Å². The highest BCUT2D eigenvalue weighted by molar-refractivity contribution is 5.89. The third-order valence-corrected chi connectivity index (χ3v) is 4.69. The molecule has 0 radical (unpaired) electrons. The first kappa shape index (κ1) is 17.7. The Morgan fingerprint density at radius 1 is 1.19 bits per heavy atom. The summed E-state index contributed by atoms with van der Waals surface area (Å²) in [6, 6.07) is 8.03. The maximum atomic E-state index is 13.1. The van der Waals surface area contributed by atoms with Crippen LogP contribution in [0.5, 0.6) is 0 Å². The summed E-state index contributed by atoms with van der Waals surface area (Å²) in [7, 11) is 0. The fourth-order valence-corrected chi connectivity index (χ4v) is 3.44. The van der Waals surface area contributed by atoms with Crippen molar-refractivity contribution < 1.29 is 23.9 Å². The lowest BCUT2D eigenvalue weighted by molar-refractivity contribution is -0.171. The van der Waals surface area contributed by atoms with Gasteiger partial charge < -0.3 is 19.2 Å². The zero-order chi connectivity index (χ0) is 19.0. The number of aromatic nitrogens is 2. The highest BCUT2D eigenvalue weighted by atomic mass is 16.8. The van der Waals surface area contributed by atoms with E-state index >= 15 is 0 Å². The molecule has 2 aliphatic rings. The van der Waals surface area contributed by atoms with Gasteiger partial charge in [-0.15, -0.1) is 0 Å². The molecule has 3 heterocycles. The summed E-state index contributed by atoms with van der Waals surface area (Å²) in [6.07, 6.45) is 2.88. The Labute approximate surface area is 156 Å². The van der Waals surface area contributed by atoms with Gasteiger partial charge in [-0.05, 0) is 31.4 Å². The van der Waals surface area contributed by atoms with Gasteiger partial charge in [0, 0.05) is 19.3 Å². The molecule has 8 nitrogen and oxygen atoms in total. The molecule has 2 aromatic rings. The van der Waals surface area contributed by atoms with E-state index in [1.165, 1.54) is 24.3 Å². The number of benzene rings is 1. The van der Waals surface area contributed by atoms with E-state index in [2.05, 4.69) is 11.1 Å². The summed E-state index contributed by atoms with van der Waals surface area (Å²) in [6.45, 7) is 4.39. The first-order valence-corrected chi connectivity index (χ1v) is 8.84. The Balaban J connectivity index is 1.51. The average molecular weight is 371 g/mol. The van der Waals surface area contributed by atoms with Crippen molar-refractivity contribution >= 4 is 11.9 Å². The number of carbonyl (C=O) groups is 2. The van der Waals surface area contributed by atoms with E-state index in [1.807, 2.05) is 18.2 Å². The molecule has 1 fully saturated rings. The Hall–Kier alpha value is -2.71. The molecule has 2 atom stereocenters. The predicted octanol–water partition coefficient (Wildman–Crippen LogP) is 0.943. The molecule has 2 aliphatic heterocycles. The van der Waals surface area contributed by atoms with Crippen LogP contribution in [0.3, 0.4) is 0 Å². The van der Waals surface area contributed by atoms with Crippen LogP contribution in [0.1, 0.15) is 25.0 Å². The SMILES string of the molecule is CC1(C)O[C@@H](C(=O)On2ccnc2)[C@H](C(=O)N2CCc3ccccc3C2)O1. The second kappa shape index (κ2) is 6.79. The van der Waals surface area contributed by atoms with Gasteiger partial charge in [-0.25, -0.2) is 9.78 Å². The fourth-order valence-electron chi connectivity index (χ4n) is 3.44. The summed E-state index contributed by atoms with van der Waals surface area (Å²) in [5.74, 6) is -2.04. The molecule has 1 amide bonds. The van der Waals surface area contributed by atoms with Gasteiger partial charge in [0.15, 0.2) is 18.0 Å². The summed E-state index contributed by atoms with van der Waals surface area (Å²) in [5.41, 5.74) is 2.34. The molecule has 1 aromatic carbocycles. The number of fused-ring (bicyclic) bond motifs is 1. The van der Waals surface area contributed by atoms with Crippen LogP contribution >= 0.6 is 0 Å². The lowest BCUT2D eigenvalue weighted by Gasteiger charge is -2.31. The van der Waals surface area contributed by atoms with Gasteiger partial charge >= 0.3 is 5.97 Å². The molecule has 27 heavy (non-hydrogen) atoms. The molecule has 0 N–H and O–H groups in total. The van der Waals surface area contributed by atoms with Gasteiger partial charge in [0.05, 0.1) is 6.20 Å². The first-order chi connectivity index (χ1) is 12.9. The largest absolute Gasteiger partial charge is 0.364 e. The Bertz CT molecular complexity index is 849. The van der Waals surface area contributed by atoms with Crippen molar-refractivity contribution in [1.82, 2.24) is 14.6 Å². The van der Waals surface area contributed by atoms with E-state index in [0.29, 0.717) is 13.1 Å². The van der Waals surface area contributed by atoms with Crippen molar-refractivity contribution in [3.63, 3.8) is 0 Å². The van der Waals surface area contributed by atoms with Crippen LogP contribution in [0.4, 0.5) is 0 Å². The molecule has 0 unspecified atom stereocenters. The van der Waals surface area contributed by atoms with Gasteiger partial charge in [0.2, 0.25) is 0 Å². The van der Waals surface area contributed by atoms with Crippen molar-refractivity contribution in [1.29, 1.82) is 0 Å². The van der Waals surface area contributed by atoms with Gasteiger partial charge in [-0.3, -0.25) is 4.79 Å². The average Bonchev–Trinajstić information content (AvgIpc) is 3.27. The van der Waals surface area contributed by atoms with Crippen LogP contribution in [-0.2, 0) is 32.0 Å². The minimum atomic E-state index is -1.15. The number of carbonyl (C=O) groups excluding carboxylic acids is 2. The van der Waals surface area contributed by atoms with Gasteiger partial charge in [-0.2, -0.15) is 4.73 Å². The third-order valence-electron chi connectivity index (χ3n) is 4.69. The standard InChI is InChI=1S/C19H21N3O5/c1-19(2)25-15(16(26-19)18(24)27-22-10-8-20-12-22)17(23)21-9-7-13-5-3-4-6-14(13)11-21/h3-6,8,10,12,15-16H,7,9,11H2,1-2H3/t15-,16-/m1/s1. The minimum Gasteiger partial charge on any atom is -0.336 e. The van der Waals surface area contributed by atoms with E-state index in [9.17, 15) is 9.59 Å². The molecule has 0 spiro atoms. The van der Waals surface area contributed by atoms with E-state index in [1.54, 1.807) is 18.7 Å². The number of rotatable bonds is 3. The third kappa shape index (κ3) is 3.58. The Morgan fingerprint density at radius 2 is 1.93 bits per heavy atom. The number of amides is 1. The molecule has 1 aromatic heterocycles. The first-order valence-electron chi connectivity index (χ1n) is 8.84. The van der Waals surface area contributed by atoms with Gasteiger partial charge in [0.1, 0.15) is 6.33 Å². The van der Waals surface area contributed by atoms with Crippen molar-refractivity contribution in [2.45, 2.75) is 44.8 Å². The topological polar surface area (TPSA) is 82.9 Å². The number of ether oxygens (including phenoxy) is 2. The van der Waals surface area contributed by atoms with E-state index in [4.69, 9.17) is 14.3 Å². The Morgan fingerprint density at radius 3 is 2.67 bits per heavy atom. The smallest absolute Gasteiger partial charge is 0.336 e. The molecule has 0 bridgehead atoms. The summed E-state index contributed by atoms with van der Waals surface area (Å²) in [4.78, 5) is 36.4. The molecule has 0 saturated carbocycles. The van der Waals surface area contributed by atoms with Crippen molar-refractivity contribution in [2.24, 2.45) is 0 Å². The minimum absolute atomic E-state index is 0.275. The quantitative estimate of drug-likeness (QED) is 0.799. The molecular weight excluding hydrogens is 350 g/mol. The monoisotopic (exact) mass is 371 g/mol. The number of hydrogen-bond donors (Lipinski definition) is 0. The zero-order valence-electron chi connectivity index (χ0n) is 15.2. The summed E-state index contributed by atoms with van der Waals surface area (Å²) >= 11 is 0. The summed E-state index contributed by atoms with van der Waals surface area (Å²) in [5, 5.41) is 0. The number of nitrogens with zero attached hydrogens (tertiary/aromatic N) is 3. The highest BCUT2D eigenvalue weighted by Gasteiger charge is 2.51. The predicted molar refractivity (Wildman–Crippen MR) is 93.2 cm³/mol. The molecule has 0 aliphatic carbocycles. The van der Waals surface area contributed by atoms with E-state index < -0.39 is 24.0 Å². The lowest BCUT2D eigenvalue weighted by Crippen LogP contribution is -2.49. The zero-order valence-corrected chi connectivity index (χ0v) is 15.2.